The lowest BCUT2D eigenvalue weighted by Crippen LogP contribution is -2.43. The van der Waals surface area contributed by atoms with Crippen LogP contribution in [0.1, 0.15) is 32.3 Å². The minimum Gasteiger partial charge on any atom is -0.490 e. The quantitative estimate of drug-likeness (QED) is 0.227. The predicted octanol–water partition coefficient (Wildman–Crippen LogP) is 3.72. The molecule has 7 nitrogen and oxygen atoms in total. The van der Waals surface area contributed by atoms with Crippen LogP contribution in [0.5, 0.6) is 11.5 Å². The number of halogens is 3. The van der Waals surface area contributed by atoms with Gasteiger partial charge in [0.2, 0.25) is 0 Å². The molecule has 0 radical (unpaired) electrons. The summed E-state index contributed by atoms with van der Waals surface area (Å²) in [6.45, 7) is 6.85. The van der Waals surface area contributed by atoms with Gasteiger partial charge < -0.3 is 29.7 Å². The third-order valence-corrected chi connectivity index (χ3v) is 5.20. The van der Waals surface area contributed by atoms with Gasteiger partial charge in [-0.05, 0) is 51.8 Å². The molecule has 1 heterocycles. The maximum Gasteiger partial charge on any atom is 0.387 e. The molecule has 1 aliphatic heterocycles. The first kappa shape index (κ1) is 28.6. The third kappa shape index (κ3) is 10.0. The van der Waals surface area contributed by atoms with Crippen LogP contribution in [0.4, 0.5) is 8.78 Å². The van der Waals surface area contributed by atoms with E-state index in [-0.39, 0.29) is 36.3 Å². The highest BCUT2D eigenvalue weighted by molar-refractivity contribution is 14.0. The standard InChI is InChI=1S/C22H36F2N4O3.HI/c1-4-25-22(26-15-17-9-11-28(12-10-17)13-14-29-3)27-16-18-7-6-8-19(30-5-2)20(18)31-21(23)24;/h6-8,17,21H,4-5,9-16H2,1-3H3,(H2,25,26,27);1H. The fraction of sp³-hybridized carbons (Fsp3) is 0.682. The van der Waals surface area contributed by atoms with Crippen LogP contribution in [0.25, 0.3) is 0 Å². The average Bonchev–Trinajstić information content (AvgIpc) is 2.76. The average molecular weight is 570 g/mol. The molecule has 184 valence electrons. The molecule has 1 aromatic rings. The molecule has 10 heteroatoms. The third-order valence-electron chi connectivity index (χ3n) is 5.20. The summed E-state index contributed by atoms with van der Waals surface area (Å²) in [6, 6.07) is 5.10. The van der Waals surface area contributed by atoms with Crippen molar-refractivity contribution in [1.82, 2.24) is 15.5 Å². The fourth-order valence-electron chi connectivity index (χ4n) is 3.56. The number of guanidine groups is 1. The number of likely N-dealkylation sites (tertiary alicyclic amines) is 1. The largest absolute Gasteiger partial charge is 0.490 e. The molecule has 1 aromatic carbocycles. The maximum atomic E-state index is 12.9. The first-order valence-corrected chi connectivity index (χ1v) is 11.0. The molecule has 0 aromatic heterocycles. The van der Waals surface area contributed by atoms with Gasteiger partial charge in [-0.3, -0.25) is 0 Å². The van der Waals surface area contributed by atoms with Crippen molar-refractivity contribution in [3.8, 4) is 11.5 Å². The van der Waals surface area contributed by atoms with Crippen LogP contribution >= 0.6 is 24.0 Å². The molecule has 32 heavy (non-hydrogen) atoms. The number of alkyl halides is 2. The monoisotopic (exact) mass is 570 g/mol. The predicted molar refractivity (Wildman–Crippen MR) is 134 cm³/mol. The lowest BCUT2D eigenvalue weighted by atomic mass is 9.97. The normalized spacial score (nSPS) is 15.4. The molecule has 0 aliphatic carbocycles. The first-order valence-electron chi connectivity index (χ1n) is 11.0. The van der Waals surface area contributed by atoms with E-state index < -0.39 is 6.61 Å². The number of ether oxygens (including phenoxy) is 3. The second kappa shape index (κ2) is 16.2. The van der Waals surface area contributed by atoms with Gasteiger partial charge in [0.15, 0.2) is 17.5 Å². The number of aliphatic imine (C=N–C) groups is 1. The van der Waals surface area contributed by atoms with Gasteiger partial charge in [0.25, 0.3) is 0 Å². The van der Waals surface area contributed by atoms with E-state index in [0.29, 0.717) is 36.3 Å². The molecule has 2 N–H and O–H groups in total. The van der Waals surface area contributed by atoms with E-state index >= 15 is 0 Å². The lowest BCUT2D eigenvalue weighted by Gasteiger charge is -2.32. The summed E-state index contributed by atoms with van der Waals surface area (Å²) in [7, 11) is 1.73. The first-order chi connectivity index (χ1) is 15.1. The van der Waals surface area contributed by atoms with Gasteiger partial charge >= 0.3 is 6.61 Å². The zero-order valence-electron chi connectivity index (χ0n) is 19.2. The van der Waals surface area contributed by atoms with E-state index in [2.05, 4.69) is 20.5 Å². The molecule has 1 saturated heterocycles. The van der Waals surface area contributed by atoms with E-state index in [1.54, 1.807) is 32.2 Å². The number of para-hydroxylation sites is 1. The zero-order chi connectivity index (χ0) is 22.5. The molecule has 1 fully saturated rings. The summed E-state index contributed by atoms with van der Waals surface area (Å²) in [4.78, 5) is 7.01. The van der Waals surface area contributed by atoms with Gasteiger partial charge in [-0.15, -0.1) is 24.0 Å². The number of benzene rings is 1. The molecule has 2 rings (SSSR count). The van der Waals surface area contributed by atoms with Crippen LogP contribution in [-0.4, -0.2) is 70.5 Å². The van der Waals surface area contributed by atoms with E-state index in [1.165, 1.54) is 0 Å². The van der Waals surface area contributed by atoms with Crippen LogP contribution < -0.4 is 20.1 Å². The highest BCUT2D eigenvalue weighted by atomic mass is 127. The van der Waals surface area contributed by atoms with Gasteiger partial charge in [-0.25, -0.2) is 4.99 Å². The van der Waals surface area contributed by atoms with Crippen molar-refractivity contribution in [3.05, 3.63) is 23.8 Å². The number of methoxy groups -OCH3 is 1. The van der Waals surface area contributed by atoms with Crippen LogP contribution in [0.3, 0.4) is 0 Å². The molecule has 0 saturated carbocycles. The Bertz CT molecular complexity index is 675. The van der Waals surface area contributed by atoms with Crippen LogP contribution in [-0.2, 0) is 11.3 Å². The van der Waals surface area contributed by atoms with Gasteiger partial charge in [0.05, 0.1) is 19.8 Å². The van der Waals surface area contributed by atoms with Gasteiger partial charge in [-0.1, -0.05) is 12.1 Å². The van der Waals surface area contributed by atoms with Crippen molar-refractivity contribution in [1.29, 1.82) is 0 Å². The van der Waals surface area contributed by atoms with Crippen molar-refractivity contribution < 1.29 is 23.0 Å². The minimum absolute atomic E-state index is 0. The van der Waals surface area contributed by atoms with Crippen molar-refractivity contribution >= 4 is 29.9 Å². The summed E-state index contributed by atoms with van der Waals surface area (Å²) in [5.41, 5.74) is 0.551. The molecule has 0 atom stereocenters. The number of hydrogen-bond donors (Lipinski definition) is 2. The number of hydrogen-bond acceptors (Lipinski definition) is 5. The summed E-state index contributed by atoms with van der Waals surface area (Å²) in [5, 5.41) is 6.61. The van der Waals surface area contributed by atoms with Crippen LogP contribution in [0.2, 0.25) is 0 Å². The molecule has 0 bridgehead atoms. The summed E-state index contributed by atoms with van der Waals surface area (Å²) in [5.74, 6) is 1.58. The minimum atomic E-state index is -2.93. The van der Waals surface area contributed by atoms with Gasteiger partial charge in [-0.2, -0.15) is 8.78 Å². The van der Waals surface area contributed by atoms with Crippen LogP contribution in [0, 0.1) is 5.92 Å². The van der Waals surface area contributed by atoms with Gasteiger partial charge in [0, 0.05) is 32.3 Å². The Morgan fingerprint density at radius 2 is 1.97 bits per heavy atom. The molecule has 0 spiro atoms. The van der Waals surface area contributed by atoms with E-state index in [0.717, 1.165) is 45.6 Å². The molecular formula is C22H37F2IN4O3. The Kier molecular flexibility index (Phi) is 14.5. The smallest absolute Gasteiger partial charge is 0.387 e. The number of rotatable bonds is 12. The summed E-state index contributed by atoms with van der Waals surface area (Å²) in [6.07, 6.45) is 2.25. The fourth-order valence-corrected chi connectivity index (χ4v) is 3.56. The number of nitrogens with zero attached hydrogens (tertiary/aromatic N) is 2. The van der Waals surface area contributed by atoms with E-state index in [1.807, 2.05) is 6.92 Å². The van der Waals surface area contributed by atoms with E-state index in [9.17, 15) is 8.78 Å². The molecule has 0 unspecified atom stereocenters. The van der Waals surface area contributed by atoms with Crippen molar-refractivity contribution in [2.75, 3.05) is 53.0 Å². The zero-order valence-corrected chi connectivity index (χ0v) is 21.6. The Morgan fingerprint density at radius 1 is 1.22 bits per heavy atom. The maximum absolute atomic E-state index is 12.9. The highest BCUT2D eigenvalue weighted by Gasteiger charge is 2.19. The van der Waals surface area contributed by atoms with Crippen LogP contribution in [0.15, 0.2) is 23.2 Å². The van der Waals surface area contributed by atoms with Crippen molar-refractivity contribution in [2.24, 2.45) is 10.9 Å². The molecule has 0 amide bonds. The number of piperidine rings is 1. The molecular weight excluding hydrogens is 533 g/mol. The topological polar surface area (TPSA) is 67.4 Å². The Balaban J connectivity index is 0.00000512. The second-order valence-electron chi connectivity index (χ2n) is 7.41. The van der Waals surface area contributed by atoms with Crippen molar-refractivity contribution in [3.63, 3.8) is 0 Å². The SMILES string of the molecule is CCNC(=NCc1cccc(OCC)c1OC(F)F)NCC1CCN(CCOC)CC1.I. The van der Waals surface area contributed by atoms with E-state index in [4.69, 9.17) is 14.2 Å². The molecule has 1 aliphatic rings. The van der Waals surface area contributed by atoms with Crippen molar-refractivity contribution in [2.45, 2.75) is 39.8 Å². The highest BCUT2D eigenvalue weighted by Crippen LogP contribution is 2.33. The second-order valence-corrected chi connectivity index (χ2v) is 7.41. The van der Waals surface area contributed by atoms with Gasteiger partial charge in [0.1, 0.15) is 0 Å². The Labute approximate surface area is 207 Å². The lowest BCUT2D eigenvalue weighted by molar-refractivity contribution is -0.0520. The Hall–Kier alpha value is -1.40. The number of nitrogens with one attached hydrogen (secondary N) is 2. The summed E-state index contributed by atoms with van der Waals surface area (Å²) >= 11 is 0. The Morgan fingerprint density at radius 3 is 2.59 bits per heavy atom. The summed E-state index contributed by atoms with van der Waals surface area (Å²) < 4.78 is 41.2.